The van der Waals surface area contributed by atoms with Gasteiger partial charge in [0.1, 0.15) is 0 Å². The van der Waals surface area contributed by atoms with E-state index in [1.807, 2.05) is 6.07 Å². The number of anilines is 1. The number of nitrogens with zero attached hydrogens (tertiary/aromatic N) is 1. The summed E-state index contributed by atoms with van der Waals surface area (Å²) in [5.41, 5.74) is 2.37. The first kappa shape index (κ1) is 18.5. The van der Waals surface area contributed by atoms with Gasteiger partial charge in [-0.1, -0.05) is 57.6 Å². The molecule has 0 saturated heterocycles. The number of rotatable bonds is 12. The summed E-state index contributed by atoms with van der Waals surface area (Å²) in [6, 6.07) is 8.34. The van der Waals surface area contributed by atoms with E-state index in [1.54, 1.807) is 0 Å². The molecule has 0 heterocycles. The number of carbonyl (C=O) groups is 1. The SMILES string of the molecule is CCCCCCCCCN(CCC(=O)O)c1cccc(C)c1. The van der Waals surface area contributed by atoms with Crippen molar-refractivity contribution in [3.63, 3.8) is 0 Å². The highest BCUT2D eigenvalue weighted by Gasteiger charge is 2.08. The van der Waals surface area contributed by atoms with Crippen molar-refractivity contribution in [3.8, 4) is 0 Å². The average molecular weight is 305 g/mol. The van der Waals surface area contributed by atoms with Crippen LogP contribution in [0.1, 0.15) is 63.9 Å². The smallest absolute Gasteiger partial charge is 0.305 e. The summed E-state index contributed by atoms with van der Waals surface area (Å²) in [7, 11) is 0. The van der Waals surface area contributed by atoms with Gasteiger partial charge in [0, 0.05) is 18.8 Å². The number of unbranched alkanes of at least 4 members (excludes halogenated alkanes) is 6. The van der Waals surface area contributed by atoms with Crippen molar-refractivity contribution in [1.29, 1.82) is 0 Å². The van der Waals surface area contributed by atoms with E-state index in [2.05, 4.69) is 36.9 Å². The van der Waals surface area contributed by atoms with Crippen molar-refractivity contribution in [2.45, 2.75) is 65.2 Å². The van der Waals surface area contributed by atoms with Gasteiger partial charge < -0.3 is 10.0 Å². The summed E-state index contributed by atoms with van der Waals surface area (Å²) < 4.78 is 0. The van der Waals surface area contributed by atoms with Gasteiger partial charge in [-0.3, -0.25) is 4.79 Å². The van der Waals surface area contributed by atoms with Crippen LogP contribution < -0.4 is 4.90 Å². The van der Waals surface area contributed by atoms with Crippen LogP contribution in [0.5, 0.6) is 0 Å². The molecule has 1 rings (SSSR count). The van der Waals surface area contributed by atoms with Crippen LogP contribution in [0, 0.1) is 6.92 Å². The molecular weight excluding hydrogens is 274 g/mol. The minimum absolute atomic E-state index is 0.199. The minimum Gasteiger partial charge on any atom is -0.481 e. The number of carboxylic acids is 1. The summed E-state index contributed by atoms with van der Waals surface area (Å²) in [6.45, 7) is 5.86. The zero-order valence-corrected chi connectivity index (χ0v) is 14.2. The lowest BCUT2D eigenvalue weighted by atomic mass is 10.1. The molecule has 0 spiro atoms. The molecule has 0 atom stereocenters. The lowest BCUT2D eigenvalue weighted by Crippen LogP contribution is -2.27. The lowest BCUT2D eigenvalue weighted by molar-refractivity contribution is -0.136. The molecule has 0 aliphatic carbocycles. The molecule has 0 aliphatic rings. The Balaban J connectivity index is 2.40. The predicted molar refractivity (Wildman–Crippen MR) is 93.6 cm³/mol. The van der Waals surface area contributed by atoms with Crippen LogP contribution in [0.3, 0.4) is 0 Å². The third kappa shape index (κ3) is 8.06. The van der Waals surface area contributed by atoms with Crippen LogP contribution in [-0.2, 0) is 4.79 Å². The fraction of sp³-hybridized carbons (Fsp3) is 0.632. The topological polar surface area (TPSA) is 40.5 Å². The Hall–Kier alpha value is -1.51. The van der Waals surface area contributed by atoms with E-state index in [0.717, 1.165) is 18.7 Å². The third-order valence-corrected chi connectivity index (χ3v) is 3.99. The molecule has 0 unspecified atom stereocenters. The molecule has 0 aliphatic heterocycles. The number of aliphatic carboxylic acids is 1. The highest BCUT2D eigenvalue weighted by atomic mass is 16.4. The Morgan fingerprint density at radius 2 is 1.73 bits per heavy atom. The van der Waals surface area contributed by atoms with Gasteiger partial charge in [-0.15, -0.1) is 0 Å². The Bertz CT molecular complexity index is 431. The molecular formula is C19H31NO2. The Kier molecular flexibility index (Phi) is 9.36. The van der Waals surface area contributed by atoms with Crippen molar-refractivity contribution >= 4 is 11.7 Å². The summed E-state index contributed by atoms with van der Waals surface area (Å²) in [5.74, 6) is -0.725. The van der Waals surface area contributed by atoms with Gasteiger partial charge >= 0.3 is 5.97 Å². The van der Waals surface area contributed by atoms with Gasteiger partial charge in [0.25, 0.3) is 0 Å². The fourth-order valence-electron chi connectivity index (χ4n) is 2.69. The van der Waals surface area contributed by atoms with Crippen LogP contribution in [0.4, 0.5) is 5.69 Å². The van der Waals surface area contributed by atoms with Crippen LogP contribution >= 0.6 is 0 Å². The van der Waals surface area contributed by atoms with Gasteiger partial charge in [-0.25, -0.2) is 0 Å². The maximum absolute atomic E-state index is 10.9. The highest BCUT2D eigenvalue weighted by Crippen LogP contribution is 2.17. The Labute approximate surface area is 135 Å². The number of carboxylic acid groups (broad SMARTS) is 1. The fourth-order valence-corrected chi connectivity index (χ4v) is 2.69. The molecule has 3 nitrogen and oxygen atoms in total. The second kappa shape index (κ2) is 11.1. The summed E-state index contributed by atoms with van der Waals surface area (Å²) >= 11 is 0. The minimum atomic E-state index is -0.725. The first-order valence-corrected chi connectivity index (χ1v) is 8.67. The van der Waals surface area contributed by atoms with Crippen molar-refractivity contribution in [2.24, 2.45) is 0 Å². The van der Waals surface area contributed by atoms with Crippen molar-refractivity contribution in [1.82, 2.24) is 0 Å². The van der Waals surface area contributed by atoms with Gasteiger partial charge in [-0.2, -0.15) is 0 Å². The van der Waals surface area contributed by atoms with Gasteiger partial charge in [-0.05, 0) is 31.0 Å². The number of hydrogen-bond acceptors (Lipinski definition) is 2. The largest absolute Gasteiger partial charge is 0.481 e. The predicted octanol–water partition coefficient (Wildman–Crippen LogP) is 5.03. The number of aryl methyl sites for hydroxylation is 1. The summed E-state index contributed by atoms with van der Waals surface area (Å²) in [6.07, 6.45) is 9.17. The monoisotopic (exact) mass is 305 g/mol. The number of benzene rings is 1. The lowest BCUT2D eigenvalue weighted by Gasteiger charge is -2.24. The summed E-state index contributed by atoms with van der Waals surface area (Å²) in [4.78, 5) is 13.1. The van der Waals surface area contributed by atoms with E-state index in [-0.39, 0.29) is 6.42 Å². The molecule has 0 saturated carbocycles. The molecule has 1 N–H and O–H groups in total. The summed E-state index contributed by atoms with van der Waals surface area (Å²) in [5, 5.41) is 8.93. The molecule has 3 heteroatoms. The maximum atomic E-state index is 10.9. The molecule has 1 aromatic carbocycles. The third-order valence-electron chi connectivity index (χ3n) is 3.99. The molecule has 22 heavy (non-hydrogen) atoms. The zero-order valence-electron chi connectivity index (χ0n) is 14.2. The molecule has 0 amide bonds. The van der Waals surface area contributed by atoms with E-state index in [9.17, 15) is 4.79 Å². The van der Waals surface area contributed by atoms with Crippen molar-refractivity contribution in [2.75, 3.05) is 18.0 Å². The van der Waals surface area contributed by atoms with E-state index in [1.165, 1.54) is 44.1 Å². The number of hydrogen-bond donors (Lipinski definition) is 1. The van der Waals surface area contributed by atoms with E-state index >= 15 is 0 Å². The van der Waals surface area contributed by atoms with Crippen LogP contribution in [0.15, 0.2) is 24.3 Å². The van der Waals surface area contributed by atoms with Gasteiger partial charge in [0.05, 0.1) is 6.42 Å². The molecule has 0 bridgehead atoms. The first-order valence-electron chi connectivity index (χ1n) is 8.67. The van der Waals surface area contributed by atoms with Crippen molar-refractivity contribution < 1.29 is 9.90 Å². The molecule has 124 valence electrons. The second-order valence-electron chi connectivity index (χ2n) is 6.09. The van der Waals surface area contributed by atoms with E-state index in [4.69, 9.17) is 5.11 Å². The van der Waals surface area contributed by atoms with Gasteiger partial charge in [0.2, 0.25) is 0 Å². The highest BCUT2D eigenvalue weighted by molar-refractivity contribution is 5.67. The van der Waals surface area contributed by atoms with E-state index < -0.39 is 5.97 Å². The molecule has 0 radical (unpaired) electrons. The quantitative estimate of drug-likeness (QED) is 0.551. The molecule has 1 aromatic rings. The van der Waals surface area contributed by atoms with Crippen LogP contribution in [0.25, 0.3) is 0 Å². The molecule has 0 aromatic heterocycles. The molecule has 0 fully saturated rings. The van der Waals surface area contributed by atoms with Crippen molar-refractivity contribution in [3.05, 3.63) is 29.8 Å². The normalized spacial score (nSPS) is 10.6. The van der Waals surface area contributed by atoms with Crippen LogP contribution in [-0.4, -0.2) is 24.2 Å². The second-order valence-corrected chi connectivity index (χ2v) is 6.09. The Morgan fingerprint density at radius 1 is 1.05 bits per heavy atom. The Morgan fingerprint density at radius 3 is 2.36 bits per heavy atom. The van der Waals surface area contributed by atoms with Crippen LogP contribution in [0.2, 0.25) is 0 Å². The average Bonchev–Trinajstić information content (AvgIpc) is 2.49. The van der Waals surface area contributed by atoms with Gasteiger partial charge in [0.15, 0.2) is 0 Å². The first-order chi connectivity index (χ1) is 10.6. The van der Waals surface area contributed by atoms with E-state index in [0.29, 0.717) is 6.54 Å². The zero-order chi connectivity index (χ0) is 16.2. The maximum Gasteiger partial charge on any atom is 0.305 e. The standard InChI is InChI=1S/C19H31NO2/c1-3-4-5-6-7-8-9-14-20(15-13-19(21)22)18-12-10-11-17(2)16-18/h10-12,16H,3-9,13-15H2,1-2H3,(H,21,22).